The molecule has 0 saturated carbocycles. The van der Waals surface area contributed by atoms with Crippen LogP contribution >= 0.6 is 0 Å². The highest BCUT2D eigenvalue weighted by Crippen LogP contribution is 2.15. The van der Waals surface area contributed by atoms with E-state index in [-0.39, 0.29) is 0 Å². The SMILES string of the molecule is CCNC(=NCc1ccnc(N2CCN(CC)CC2)c1)NCCCOCc1ccco1. The summed E-state index contributed by atoms with van der Waals surface area (Å²) in [6.07, 6.45) is 4.45. The van der Waals surface area contributed by atoms with E-state index in [1.54, 1.807) is 6.26 Å². The van der Waals surface area contributed by atoms with Gasteiger partial charge in [0.2, 0.25) is 0 Å². The van der Waals surface area contributed by atoms with Gasteiger partial charge in [0.25, 0.3) is 0 Å². The van der Waals surface area contributed by atoms with Gasteiger partial charge >= 0.3 is 0 Å². The number of nitrogens with zero attached hydrogens (tertiary/aromatic N) is 4. The van der Waals surface area contributed by atoms with Crippen molar-refractivity contribution in [2.24, 2.45) is 4.99 Å². The molecule has 0 bridgehead atoms. The van der Waals surface area contributed by atoms with E-state index in [1.165, 1.54) is 5.56 Å². The third-order valence-corrected chi connectivity index (χ3v) is 5.30. The molecule has 2 N–H and O–H groups in total. The summed E-state index contributed by atoms with van der Waals surface area (Å²) in [5, 5.41) is 6.68. The molecule has 170 valence electrons. The zero-order valence-electron chi connectivity index (χ0n) is 18.8. The number of anilines is 1. The second kappa shape index (κ2) is 13.0. The maximum Gasteiger partial charge on any atom is 0.191 e. The Kier molecular flexibility index (Phi) is 9.66. The van der Waals surface area contributed by atoms with Crippen molar-refractivity contribution in [3.05, 3.63) is 48.0 Å². The largest absolute Gasteiger partial charge is 0.467 e. The van der Waals surface area contributed by atoms with Crippen LogP contribution in [-0.2, 0) is 17.9 Å². The lowest BCUT2D eigenvalue weighted by molar-refractivity contribution is 0.105. The molecular weight excluding hydrogens is 392 g/mol. The molecule has 31 heavy (non-hydrogen) atoms. The molecule has 1 fully saturated rings. The van der Waals surface area contributed by atoms with Crippen LogP contribution in [0.3, 0.4) is 0 Å². The summed E-state index contributed by atoms with van der Waals surface area (Å²) in [6.45, 7) is 13.1. The average molecular weight is 429 g/mol. The fourth-order valence-electron chi connectivity index (χ4n) is 3.49. The summed E-state index contributed by atoms with van der Waals surface area (Å²) in [5.41, 5.74) is 1.17. The molecule has 2 aromatic heterocycles. The molecule has 0 atom stereocenters. The highest BCUT2D eigenvalue weighted by atomic mass is 16.5. The van der Waals surface area contributed by atoms with Crippen LogP contribution in [0.5, 0.6) is 0 Å². The van der Waals surface area contributed by atoms with Gasteiger partial charge in [-0.05, 0) is 49.7 Å². The van der Waals surface area contributed by atoms with Crippen molar-refractivity contribution in [2.75, 3.05) is 57.3 Å². The number of likely N-dealkylation sites (N-methyl/N-ethyl adjacent to an activating group) is 1. The van der Waals surface area contributed by atoms with Crippen molar-refractivity contribution in [1.82, 2.24) is 20.5 Å². The molecule has 0 spiro atoms. The lowest BCUT2D eigenvalue weighted by atomic mass is 10.2. The maximum atomic E-state index is 5.63. The summed E-state index contributed by atoms with van der Waals surface area (Å²) in [7, 11) is 0. The highest BCUT2D eigenvalue weighted by molar-refractivity contribution is 5.79. The molecule has 0 aromatic carbocycles. The summed E-state index contributed by atoms with van der Waals surface area (Å²) >= 11 is 0. The number of aromatic nitrogens is 1. The fourth-order valence-corrected chi connectivity index (χ4v) is 3.49. The first-order valence-corrected chi connectivity index (χ1v) is 11.3. The number of ether oxygens (including phenoxy) is 1. The Bertz CT molecular complexity index is 772. The Morgan fingerprint density at radius 3 is 2.81 bits per heavy atom. The zero-order valence-corrected chi connectivity index (χ0v) is 18.8. The Hall–Kier alpha value is -2.58. The van der Waals surface area contributed by atoms with Crippen LogP contribution in [0.25, 0.3) is 0 Å². The van der Waals surface area contributed by atoms with E-state index in [2.05, 4.69) is 45.3 Å². The number of pyridine rings is 1. The molecule has 0 radical (unpaired) electrons. The Labute approximate surface area is 185 Å². The van der Waals surface area contributed by atoms with Crippen molar-refractivity contribution in [2.45, 2.75) is 33.4 Å². The van der Waals surface area contributed by atoms with E-state index in [9.17, 15) is 0 Å². The van der Waals surface area contributed by atoms with E-state index < -0.39 is 0 Å². The summed E-state index contributed by atoms with van der Waals surface area (Å²) < 4.78 is 10.9. The minimum Gasteiger partial charge on any atom is -0.467 e. The van der Waals surface area contributed by atoms with Gasteiger partial charge in [-0.2, -0.15) is 0 Å². The minimum atomic E-state index is 0.513. The van der Waals surface area contributed by atoms with E-state index in [1.807, 2.05) is 24.4 Å². The quantitative estimate of drug-likeness (QED) is 0.323. The van der Waals surface area contributed by atoms with Crippen LogP contribution < -0.4 is 15.5 Å². The van der Waals surface area contributed by atoms with Gasteiger partial charge in [0.15, 0.2) is 5.96 Å². The number of hydrogen-bond acceptors (Lipinski definition) is 6. The third-order valence-electron chi connectivity index (χ3n) is 5.30. The lowest BCUT2D eigenvalue weighted by Crippen LogP contribution is -2.46. The van der Waals surface area contributed by atoms with Gasteiger partial charge < -0.3 is 29.6 Å². The summed E-state index contributed by atoms with van der Waals surface area (Å²) in [5.74, 6) is 2.73. The summed E-state index contributed by atoms with van der Waals surface area (Å²) in [4.78, 5) is 14.2. The van der Waals surface area contributed by atoms with Gasteiger partial charge in [0.1, 0.15) is 18.2 Å². The van der Waals surface area contributed by atoms with Gasteiger partial charge in [0.05, 0.1) is 12.8 Å². The molecule has 1 aliphatic heterocycles. The van der Waals surface area contributed by atoms with Crippen LogP contribution in [0, 0.1) is 0 Å². The smallest absolute Gasteiger partial charge is 0.191 e. The molecule has 3 rings (SSSR count). The second-order valence-electron chi connectivity index (χ2n) is 7.55. The normalized spacial score (nSPS) is 15.3. The van der Waals surface area contributed by atoms with Crippen LogP contribution in [0.2, 0.25) is 0 Å². The highest BCUT2D eigenvalue weighted by Gasteiger charge is 2.16. The number of rotatable bonds is 11. The molecule has 8 heteroatoms. The van der Waals surface area contributed by atoms with E-state index >= 15 is 0 Å². The van der Waals surface area contributed by atoms with Gasteiger partial charge in [-0.15, -0.1) is 0 Å². The number of piperazine rings is 1. The first-order chi connectivity index (χ1) is 15.3. The maximum absolute atomic E-state index is 5.63. The van der Waals surface area contributed by atoms with Gasteiger partial charge in [-0.3, -0.25) is 0 Å². The predicted molar refractivity (Wildman–Crippen MR) is 124 cm³/mol. The number of guanidine groups is 1. The number of furan rings is 1. The summed E-state index contributed by atoms with van der Waals surface area (Å²) in [6, 6.07) is 8.00. The van der Waals surface area contributed by atoms with E-state index in [0.29, 0.717) is 19.8 Å². The number of nitrogens with one attached hydrogen (secondary N) is 2. The van der Waals surface area contributed by atoms with Crippen molar-refractivity contribution >= 4 is 11.8 Å². The van der Waals surface area contributed by atoms with Gasteiger partial charge in [-0.25, -0.2) is 9.98 Å². The van der Waals surface area contributed by atoms with Crippen molar-refractivity contribution < 1.29 is 9.15 Å². The van der Waals surface area contributed by atoms with Crippen LogP contribution in [0.1, 0.15) is 31.6 Å². The van der Waals surface area contributed by atoms with Crippen LogP contribution in [-0.4, -0.2) is 68.3 Å². The average Bonchev–Trinajstić information content (AvgIpc) is 3.33. The van der Waals surface area contributed by atoms with E-state index in [4.69, 9.17) is 14.1 Å². The number of hydrogen-bond donors (Lipinski definition) is 2. The van der Waals surface area contributed by atoms with Gasteiger partial charge in [0, 0.05) is 52.1 Å². The molecule has 8 nitrogen and oxygen atoms in total. The predicted octanol–water partition coefficient (Wildman–Crippen LogP) is 2.48. The van der Waals surface area contributed by atoms with Crippen molar-refractivity contribution in [1.29, 1.82) is 0 Å². The first kappa shape index (κ1) is 23.1. The second-order valence-corrected chi connectivity index (χ2v) is 7.55. The minimum absolute atomic E-state index is 0.513. The Morgan fingerprint density at radius 2 is 2.06 bits per heavy atom. The third kappa shape index (κ3) is 7.88. The topological polar surface area (TPSA) is 78.2 Å². The molecule has 1 aliphatic rings. The molecule has 3 heterocycles. The van der Waals surface area contributed by atoms with Crippen molar-refractivity contribution in [3.63, 3.8) is 0 Å². The van der Waals surface area contributed by atoms with Gasteiger partial charge in [-0.1, -0.05) is 6.92 Å². The molecule has 0 unspecified atom stereocenters. The van der Waals surface area contributed by atoms with Crippen molar-refractivity contribution in [3.8, 4) is 0 Å². The Morgan fingerprint density at radius 1 is 1.19 bits per heavy atom. The van der Waals surface area contributed by atoms with Crippen LogP contribution in [0.15, 0.2) is 46.1 Å². The molecule has 1 saturated heterocycles. The standard InChI is InChI=1S/C23H36N6O2/c1-3-24-23(26-9-6-15-30-19-21-7-5-16-31-21)27-18-20-8-10-25-22(17-20)29-13-11-28(4-2)12-14-29/h5,7-8,10,16-17H,3-4,6,9,11-15,18-19H2,1-2H3,(H2,24,26,27). The lowest BCUT2D eigenvalue weighted by Gasteiger charge is -2.34. The fraction of sp³-hybridized carbons (Fsp3) is 0.565. The first-order valence-electron chi connectivity index (χ1n) is 11.3. The van der Waals surface area contributed by atoms with Crippen LogP contribution in [0.4, 0.5) is 5.82 Å². The zero-order chi connectivity index (χ0) is 21.7. The Balaban J connectivity index is 1.42. The molecule has 2 aromatic rings. The molecular formula is C23H36N6O2. The monoisotopic (exact) mass is 428 g/mol. The molecule has 0 aliphatic carbocycles. The number of aliphatic imine (C=N–C) groups is 1. The van der Waals surface area contributed by atoms with E-state index in [0.717, 1.165) is 69.8 Å². The molecule has 0 amide bonds.